The van der Waals surface area contributed by atoms with Crippen LogP contribution in [0, 0.1) is 11.8 Å². The lowest BCUT2D eigenvalue weighted by Gasteiger charge is -2.31. The summed E-state index contributed by atoms with van der Waals surface area (Å²) in [7, 11) is -3.31. The van der Waals surface area contributed by atoms with Gasteiger partial charge in [0.05, 0.1) is 10.5 Å². The third-order valence-electron chi connectivity index (χ3n) is 6.93. The molecule has 1 aliphatic heterocycles. The molecule has 10 heteroatoms. The molecule has 3 aromatic carbocycles. The number of benzene rings is 3. The molecule has 0 fully saturated rings. The van der Waals surface area contributed by atoms with Gasteiger partial charge in [-0.25, -0.2) is 18.2 Å². The summed E-state index contributed by atoms with van der Waals surface area (Å²) in [6.45, 7) is 6.56. The molecule has 220 valence electrons. The third kappa shape index (κ3) is 6.96. The minimum absolute atomic E-state index is 0.218. The molecule has 9 nitrogen and oxygen atoms in total. The molecule has 0 bridgehead atoms. The van der Waals surface area contributed by atoms with Crippen molar-refractivity contribution < 1.29 is 22.7 Å². The van der Waals surface area contributed by atoms with Gasteiger partial charge in [0.2, 0.25) is 5.91 Å². The van der Waals surface area contributed by atoms with Crippen molar-refractivity contribution in [2.45, 2.75) is 44.2 Å². The van der Waals surface area contributed by atoms with Crippen molar-refractivity contribution >= 4 is 44.1 Å². The summed E-state index contributed by atoms with van der Waals surface area (Å²) in [5.41, 5.74) is 9.51. The predicted octanol–water partition coefficient (Wildman–Crippen LogP) is 5.17. The van der Waals surface area contributed by atoms with Crippen LogP contribution in [0.4, 0.5) is 16.3 Å². The number of aromatic nitrogens is 1. The number of carbonyl (C=O) groups excluding carboxylic acids is 2. The SMILES string of the molecule is CC(C)(C)OC(=O)N1CCc2cc(C#Cc3c(C(N)=O)ccc4cnc(Nc5ccc(S(C)(=O)=O)cc5)cc34)ccc2C1. The maximum Gasteiger partial charge on any atom is 0.410 e. The van der Waals surface area contributed by atoms with Crippen molar-refractivity contribution in [3.63, 3.8) is 0 Å². The van der Waals surface area contributed by atoms with Crippen LogP contribution in [0.2, 0.25) is 0 Å². The number of nitrogens with zero attached hydrogens (tertiary/aromatic N) is 2. The second-order valence-electron chi connectivity index (χ2n) is 11.4. The first-order valence-corrected chi connectivity index (χ1v) is 15.6. The molecule has 1 aromatic heterocycles. The summed E-state index contributed by atoms with van der Waals surface area (Å²) in [6, 6.07) is 17.4. The lowest BCUT2D eigenvalue weighted by molar-refractivity contribution is 0.0224. The predicted molar refractivity (Wildman–Crippen MR) is 166 cm³/mol. The highest BCUT2D eigenvalue weighted by Gasteiger charge is 2.25. The molecule has 0 unspecified atom stereocenters. The fourth-order valence-electron chi connectivity index (χ4n) is 4.81. The molecule has 0 saturated heterocycles. The molecule has 43 heavy (non-hydrogen) atoms. The summed E-state index contributed by atoms with van der Waals surface area (Å²) in [6.07, 6.45) is 3.18. The van der Waals surface area contributed by atoms with Crippen molar-refractivity contribution in [1.29, 1.82) is 0 Å². The van der Waals surface area contributed by atoms with Crippen molar-refractivity contribution in [2.75, 3.05) is 18.1 Å². The Hall–Kier alpha value is -4.88. The highest BCUT2D eigenvalue weighted by atomic mass is 32.2. The van der Waals surface area contributed by atoms with Gasteiger partial charge in [-0.2, -0.15) is 0 Å². The number of ether oxygens (including phenoxy) is 1. The number of carbonyl (C=O) groups is 2. The molecule has 5 rings (SSSR count). The van der Waals surface area contributed by atoms with Gasteiger partial charge in [0, 0.05) is 53.1 Å². The van der Waals surface area contributed by atoms with Crippen molar-refractivity contribution in [1.82, 2.24) is 9.88 Å². The summed E-state index contributed by atoms with van der Waals surface area (Å²) >= 11 is 0. The Morgan fingerprint density at radius 1 is 1.00 bits per heavy atom. The second-order valence-corrected chi connectivity index (χ2v) is 13.5. The number of rotatable bonds is 4. The van der Waals surface area contributed by atoms with E-state index < -0.39 is 21.3 Å². The van der Waals surface area contributed by atoms with Gasteiger partial charge < -0.3 is 20.7 Å². The fourth-order valence-corrected chi connectivity index (χ4v) is 5.44. The number of nitrogens with two attached hydrogens (primary N) is 1. The summed E-state index contributed by atoms with van der Waals surface area (Å²) in [4.78, 5) is 31.3. The molecule has 0 atom stereocenters. The lowest BCUT2D eigenvalue weighted by Crippen LogP contribution is -2.39. The van der Waals surface area contributed by atoms with Gasteiger partial charge >= 0.3 is 6.09 Å². The van der Waals surface area contributed by atoms with Gasteiger partial charge in [-0.05, 0) is 86.8 Å². The molecule has 2 heterocycles. The van der Waals surface area contributed by atoms with Gasteiger partial charge in [0.1, 0.15) is 11.4 Å². The maximum absolute atomic E-state index is 12.5. The highest BCUT2D eigenvalue weighted by Crippen LogP contribution is 2.27. The Labute approximate surface area is 251 Å². The average Bonchev–Trinajstić information content (AvgIpc) is 2.94. The van der Waals surface area contributed by atoms with E-state index in [2.05, 4.69) is 22.1 Å². The van der Waals surface area contributed by atoms with Gasteiger partial charge in [0.15, 0.2) is 9.84 Å². The maximum atomic E-state index is 12.5. The highest BCUT2D eigenvalue weighted by molar-refractivity contribution is 7.90. The minimum Gasteiger partial charge on any atom is -0.444 e. The van der Waals surface area contributed by atoms with E-state index in [9.17, 15) is 18.0 Å². The Bertz CT molecular complexity index is 1920. The largest absolute Gasteiger partial charge is 0.444 e. The number of hydrogen-bond donors (Lipinski definition) is 2. The molecular formula is C33H32N4O5S. The van der Waals surface area contributed by atoms with Crippen molar-refractivity contribution in [3.8, 4) is 11.8 Å². The average molecular weight is 597 g/mol. The molecule has 3 N–H and O–H groups in total. The molecule has 0 aliphatic carbocycles. The standard InChI is InChI=1S/C33H32N4O5S/c1-33(2,3)42-32(39)37-16-15-22-17-21(5-7-24(22)20-37)6-13-27-28(31(34)38)14-8-23-19-35-30(18-29(23)27)36-25-9-11-26(12-10-25)43(4,40)41/h5,7-12,14,17-19H,15-16,20H2,1-4H3,(H2,34,38)(H,35,36). The smallest absolute Gasteiger partial charge is 0.410 e. The number of hydrogen-bond acceptors (Lipinski definition) is 7. The molecule has 0 radical (unpaired) electrons. The number of fused-ring (bicyclic) bond motifs is 2. The van der Waals surface area contributed by atoms with Crippen LogP contribution in [0.5, 0.6) is 0 Å². The molecule has 0 spiro atoms. The molecular weight excluding hydrogens is 564 g/mol. The quantitative estimate of drug-likeness (QED) is 0.311. The summed E-state index contributed by atoms with van der Waals surface area (Å²) in [5.74, 6) is 6.26. The van der Waals surface area contributed by atoms with Crippen LogP contribution in [-0.2, 0) is 27.5 Å². The van der Waals surface area contributed by atoms with Crippen molar-refractivity contribution in [2.24, 2.45) is 5.73 Å². The zero-order valence-corrected chi connectivity index (χ0v) is 25.2. The molecule has 2 amide bonds. The van der Waals surface area contributed by atoms with E-state index in [-0.39, 0.29) is 11.0 Å². The first kappa shape index (κ1) is 29.6. The van der Waals surface area contributed by atoms with E-state index in [4.69, 9.17) is 10.5 Å². The van der Waals surface area contributed by atoms with Crippen LogP contribution >= 0.6 is 0 Å². The van der Waals surface area contributed by atoms with Gasteiger partial charge in [-0.1, -0.05) is 24.0 Å². The number of pyridine rings is 1. The van der Waals surface area contributed by atoms with Crippen molar-refractivity contribution in [3.05, 3.63) is 94.7 Å². The molecule has 0 saturated carbocycles. The van der Waals surface area contributed by atoms with E-state index >= 15 is 0 Å². The first-order valence-electron chi connectivity index (χ1n) is 13.7. The van der Waals surface area contributed by atoms with Crippen LogP contribution in [-0.4, -0.2) is 48.7 Å². The number of primary amides is 1. The third-order valence-corrected chi connectivity index (χ3v) is 8.05. The van der Waals surface area contributed by atoms with Crippen LogP contribution in [0.3, 0.4) is 0 Å². The zero-order valence-electron chi connectivity index (χ0n) is 24.4. The Morgan fingerprint density at radius 2 is 1.74 bits per heavy atom. The normalized spacial score (nSPS) is 13.1. The number of sulfone groups is 1. The zero-order chi connectivity index (χ0) is 30.9. The van der Waals surface area contributed by atoms with Gasteiger partial charge in [0.25, 0.3) is 0 Å². The molecule has 1 aliphatic rings. The van der Waals surface area contributed by atoms with Crippen LogP contribution in [0.15, 0.2) is 71.8 Å². The van der Waals surface area contributed by atoms with Crippen LogP contribution in [0.25, 0.3) is 10.8 Å². The number of anilines is 2. The van der Waals surface area contributed by atoms with Gasteiger partial charge in [-0.3, -0.25) is 4.79 Å². The Kier molecular flexibility index (Phi) is 7.86. The Balaban J connectivity index is 1.44. The lowest BCUT2D eigenvalue weighted by atomic mass is 9.96. The Morgan fingerprint density at radius 3 is 2.42 bits per heavy atom. The fraction of sp³-hybridized carbons (Fsp3) is 0.242. The summed E-state index contributed by atoms with van der Waals surface area (Å²) < 4.78 is 29.1. The van der Waals surface area contributed by atoms with Crippen LogP contribution in [0.1, 0.15) is 53.4 Å². The molecule has 4 aromatic rings. The van der Waals surface area contributed by atoms with E-state index in [0.29, 0.717) is 47.5 Å². The minimum atomic E-state index is -3.31. The van der Waals surface area contributed by atoms with E-state index in [1.165, 1.54) is 12.1 Å². The monoisotopic (exact) mass is 596 g/mol. The summed E-state index contributed by atoms with van der Waals surface area (Å²) in [5, 5.41) is 4.65. The second kappa shape index (κ2) is 11.4. The van der Waals surface area contributed by atoms with Gasteiger partial charge in [-0.15, -0.1) is 0 Å². The topological polar surface area (TPSA) is 132 Å². The first-order chi connectivity index (χ1) is 20.3. The van der Waals surface area contributed by atoms with E-state index in [1.54, 1.807) is 41.4 Å². The van der Waals surface area contributed by atoms with E-state index in [0.717, 1.165) is 28.3 Å². The number of nitrogens with one attached hydrogen (secondary N) is 1. The van der Waals surface area contributed by atoms with Crippen LogP contribution < -0.4 is 11.1 Å². The number of amides is 2. The van der Waals surface area contributed by atoms with E-state index in [1.807, 2.05) is 39.0 Å².